The molecular weight excluding hydrogens is 578 g/mol. The molecule has 1 saturated carbocycles. The average Bonchev–Trinajstić information content (AvgIpc) is 3.28. The van der Waals surface area contributed by atoms with E-state index in [-0.39, 0.29) is 37.1 Å². The lowest BCUT2D eigenvalue weighted by molar-refractivity contribution is -0.136. The van der Waals surface area contributed by atoms with Gasteiger partial charge in [-0.1, -0.05) is 30.3 Å². The van der Waals surface area contributed by atoms with Gasteiger partial charge in [-0.25, -0.2) is 0 Å². The molecule has 3 heterocycles. The summed E-state index contributed by atoms with van der Waals surface area (Å²) in [5, 5.41) is 2.23. The number of piperidine rings is 2. The zero-order chi connectivity index (χ0) is 31.2. The Hall–Kier alpha value is -3.64. The summed E-state index contributed by atoms with van der Waals surface area (Å²) in [6.07, 6.45) is 5.40. The van der Waals surface area contributed by atoms with Gasteiger partial charge in [0.1, 0.15) is 6.04 Å². The maximum atomic E-state index is 13.1. The molecule has 1 aliphatic carbocycles. The highest BCUT2D eigenvalue weighted by atomic mass is 16.5. The van der Waals surface area contributed by atoms with Crippen LogP contribution in [0.4, 0.5) is 5.69 Å². The molecule has 0 spiro atoms. The molecule has 2 saturated heterocycles. The number of nitrogens with zero attached hydrogens (tertiary/aromatic N) is 2. The van der Waals surface area contributed by atoms with Crippen LogP contribution < -0.4 is 10.2 Å². The van der Waals surface area contributed by atoms with Crippen molar-refractivity contribution < 1.29 is 38.1 Å². The lowest BCUT2D eigenvalue weighted by atomic mass is 9.92. The van der Waals surface area contributed by atoms with E-state index < -0.39 is 23.8 Å². The predicted molar refractivity (Wildman–Crippen MR) is 164 cm³/mol. The van der Waals surface area contributed by atoms with Crippen LogP contribution in [0.1, 0.15) is 71.2 Å². The molecule has 2 aromatic carbocycles. The quantitative estimate of drug-likeness (QED) is 0.251. The van der Waals surface area contributed by atoms with Crippen molar-refractivity contribution in [3.05, 3.63) is 65.2 Å². The van der Waals surface area contributed by atoms with E-state index in [2.05, 4.69) is 22.3 Å². The van der Waals surface area contributed by atoms with Gasteiger partial charge in [0.25, 0.3) is 11.8 Å². The van der Waals surface area contributed by atoms with Crippen LogP contribution in [0.25, 0.3) is 0 Å². The number of amides is 4. The fraction of sp³-hybridized carbons (Fsp3) is 0.529. The molecule has 240 valence electrons. The van der Waals surface area contributed by atoms with E-state index in [1.807, 2.05) is 24.3 Å². The van der Waals surface area contributed by atoms with Crippen LogP contribution in [0.3, 0.4) is 0 Å². The fourth-order valence-corrected chi connectivity index (χ4v) is 6.30. The SMILES string of the molecule is O=C1CCC(N2C(=O)c3ccc(N4CCC(OCCOCCCO[C@H]5C[C@H](OCc6ccccc6)C5)CC4)cc3C2=O)C(=O)N1. The van der Waals surface area contributed by atoms with Crippen molar-refractivity contribution >= 4 is 29.3 Å². The van der Waals surface area contributed by atoms with E-state index in [1.54, 1.807) is 12.1 Å². The Balaban J connectivity index is 0.824. The Morgan fingerprint density at radius 1 is 0.733 bits per heavy atom. The van der Waals surface area contributed by atoms with Crippen LogP contribution in [0.2, 0.25) is 0 Å². The van der Waals surface area contributed by atoms with Crippen molar-refractivity contribution in [1.29, 1.82) is 0 Å². The van der Waals surface area contributed by atoms with Crippen LogP contribution in [-0.4, -0.2) is 92.4 Å². The number of hydrogen-bond donors (Lipinski definition) is 1. The summed E-state index contributed by atoms with van der Waals surface area (Å²) in [7, 11) is 0. The second-order valence-corrected chi connectivity index (χ2v) is 12.1. The minimum absolute atomic E-state index is 0.0981. The second kappa shape index (κ2) is 14.6. The maximum absolute atomic E-state index is 13.1. The predicted octanol–water partition coefficient (Wildman–Crippen LogP) is 3.24. The molecule has 0 radical (unpaired) electrons. The zero-order valence-corrected chi connectivity index (χ0v) is 25.5. The normalized spacial score (nSPS) is 23.7. The number of anilines is 1. The molecule has 0 bridgehead atoms. The first-order chi connectivity index (χ1) is 22.0. The molecule has 3 aliphatic heterocycles. The minimum atomic E-state index is -0.963. The van der Waals surface area contributed by atoms with E-state index in [1.165, 1.54) is 5.56 Å². The maximum Gasteiger partial charge on any atom is 0.262 e. The van der Waals surface area contributed by atoms with Crippen molar-refractivity contribution in [3.8, 4) is 0 Å². The first-order valence-corrected chi connectivity index (χ1v) is 16.0. The highest BCUT2D eigenvalue weighted by Gasteiger charge is 2.44. The van der Waals surface area contributed by atoms with E-state index in [0.717, 1.165) is 55.8 Å². The standard InChI is InChI=1S/C34H41N3O8/c38-31-10-9-30(32(39)35-31)37-33(40)28-8-7-24(19-29(28)34(37)41)36-13-11-25(12-14-36)44-18-17-42-15-4-16-43-26-20-27(21-26)45-22-23-5-2-1-3-6-23/h1-3,5-8,19,25-27,30H,4,9-18,20-22H2,(H,35,38,39)/t26-,27-,30?. The zero-order valence-electron chi connectivity index (χ0n) is 25.5. The molecule has 3 fully saturated rings. The Kier molecular flexibility index (Phi) is 10.2. The van der Waals surface area contributed by atoms with Gasteiger partial charge in [0.15, 0.2) is 0 Å². The number of ether oxygens (including phenoxy) is 4. The minimum Gasteiger partial charge on any atom is -0.379 e. The molecule has 1 atom stereocenters. The van der Waals surface area contributed by atoms with Gasteiger partial charge in [0, 0.05) is 38.4 Å². The number of hydrogen-bond acceptors (Lipinski definition) is 9. The topological polar surface area (TPSA) is 124 Å². The van der Waals surface area contributed by atoms with Crippen LogP contribution in [0.15, 0.2) is 48.5 Å². The third kappa shape index (κ3) is 7.61. The molecule has 1 N–H and O–H groups in total. The van der Waals surface area contributed by atoms with Crippen LogP contribution in [0, 0.1) is 0 Å². The molecule has 4 amide bonds. The Morgan fingerprint density at radius 2 is 1.47 bits per heavy atom. The van der Waals surface area contributed by atoms with Gasteiger partial charge < -0.3 is 23.8 Å². The molecule has 1 unspecified atom stereocenters. The summed E-state index contributed by atoms with van der Waals surface area (Å²) < 4.78 is 23.6. The summed E-state index contributed by atoms with van der Waals surface area (Å²) in [6.45, 7) is 4.60. The van der Waals surface area contributed by atoms with Gasteiger partial charge >= 0.3 is 0 Å². The number of fused-ring (bicyclic) bond motifs is 1. The third-order valence-corrected chi connectivity index (χ3v) is 8.98. The average molecular weight is 620 g/mol. The van der Waals surface area contributed by atoms with Crippen molar-refractivity contribution in [2.45, 2.75) is 75.9 Å². The Bertz CT molecular complexity index is 1370. The number of benzene rings is 2. The molecule has 4 aliphatic rings. The molecule has 6 rings (SSSR count). The number of nitrogens with one attached hydrogen (secondary N) is 1. The van der Waals surface area contributed by atoms with E-state index in [0.29, 0.717) is 44.2 Å². The van der Waals surface area contributed by atoms with Gasteiger partial charge in [-0.05, 0) is 62.3 Å². The van der Waals surface area contributed by atoms with Gasteiger partial charge in [-0.2, -0.15) is 0 Å². The lowest BCUT2D eigenvalue weighted by Crippen LogP contribution is -2.54. The van der Waals surface area contributed by atoms with E-state index in [4.69, 9.17) is 18.9 Å². The lowest BCUT2D eigenvalue weighted by Gasteiger charge is -2.35. The highest BCUT2D eigenvalue weighted by Crippen LogP contribution is 2.32. The van der Waals surface area contributed by atoms with Gasteiger partial charge in [-0.15, -0.1) is 0 Å². The van der Waals surface area contributed by atoms with Gasteiger partial charge in [-0.3, -0.25) is 29.4 Å². The van der Waals surface area contributed by atoms with Crippen molar-refractivity contribution in [3.63, 3.8) is 0 Å². The second-order valence-electron chi connectivity index (χ2n) is 12.1. The van der Waals surface area contributed by atoms with Crippen molar-refractivity contribution in [1.82, 2.24) is 10.2 Å². The van der Waals surface area contributed by atoms with Crippen LogP contribution in [-0.2, 0) is 35.1 Å². The van der Waals surface area contributed by atoms with E-state index >= 15 is 0 Å². The Labute approximate surface area is 263 Å². The smallest absolute Gasteiger partial charge is 0.262 e. The largest absolute Gasteiger partial charge is 0.379 e. The van der Waals surface area contributed by atoms with Crippen LogP contribution >= 0.6 is 0 Å². The summed E-state index contributed by atoms with van der Waals surface area (Å²) in [6, 6.07) is 14.5. The number of rotatable bonds is 14. The molecule has 45 heavy (non-hydrogen) atoms. The van der Waals surface area contributed by atoms with Crippen molar-refractivity contribution in [2.75, 3.05) is 44.4 Å². The fourth-order valence-electron chi connectivity index (χ4n) is 6.30. The van der Waals surface area contributed by atoms with Crippen molar-refractivity contribution in [2.24, 2.45) is 0 Å². The number of imide groups is 2. The summed E-state index contributed by atoms with van der Waals surface area (Å²) >= 11 is 0. The molecule has 0 aromatic heterocycles. The number of carbonyl (C=O) groups excluding carboxylic acids is 4. The first-order valence-electron chi connectivity index (χ1n) is 16.0. The Morgan fingerprint density at radius 3 is 2.24 bits per heavy atom. The molecule has 11 heteroatoms. The van der Waals surface area contributed by atoms with E-state index in [9.17, 15) is 19.2 Å². The summed E-state index contributed by atoms with van der Waals surface area (Å²) in [4.78, 5) is 53.1. The monoisotopic (exact) mass is 619 g/mol. The molecule has 11 nitrogen and oxygen atoms in total. The van der Waals surface area contributed by atoms with Crippen LogP contribution in [0.5, 0.6) is 0 Å². The summed E-state index contributed by atoms with van der Waals surface area (Å²) in [5.74, 6) is -1.97. The summed E-state index contributed by atoms with van der Waals surface area (Å²) in [5.41, 5.74) is 2.65. The van der Waals surface area contributed by atoms with Gasteiger partial charge in [0.2, 0.25) is 11.8 Å². The molecule has 2 aromatic rings. The number of carbonyl (C=O) groups is 4. The van der Waals surface area contributed by atoms with Gasteiger partial charge in [0.05, 0.1) is 49.3 Å². The first kappa shape index (κ1) is 31.3. The highest BCUT2D eigenvalue weighted by molar-refractivity contribution is 6.23. The third-order valence-electron chi connectivity index (χ3n) is 8.98. The molecular formula is C34H41N3O8.